The standard InChI is InChI=1S/C12H15NO5/c1-12(17)2-4-13(5-3-12)10(14)9-6-8(7-18-9)11(15)16/h6-7,17H,2-5H2,1H3,(H,15,16). The minimum Gasteiger partial charge on any atom is -0.478 e. The van der Waals surface area contributed by atoms with Gasteiger partial charge in [-0.15, -0.1) is 0 Å². The number of carboxylic acids is 1. The van der Waals surface area contributed by atoms with E-state index in [0.29, 0.717) is 25.9 Å². The van der Waals surface area contributed by atoms with Crippen LogP contribution in [-0.2, 0) is 0 Å². The van der Waals surface area contributed by atoms with Crippen molar-refractivity contribution >= 4 is 11.9 Å². The van der Waals surface area contributed by atoms with Crippen LogP contribution in [-0.4, -0.2) is 45.7 Å². The topological polar surface area (TPSA) is 91.0 Å². The number of nitrogens with zero attached hydrogens (tertiary/aromatic N) is 1. The number of furan rings is 1. The Bertz CT molecular complexity index is 467. The van der Waals surface area contributed by atoms with E-state index in [9.17, 15) is 14.7 Å². The lowest BCUT2D eigenvalue weighted by atomic mass is 9.94. The van der Waals surface area contributed by atoms with Crippen LogP contribution >= 0.6 is 0 Å². The number of amides is 1. The smallest absolute Gasteiger partial charge is 0.338 e. The fraction of sp³-hybridized carbons (Fsp3) is 0.500. The van der Waals surface area contributed by atoms with Gasteiger partial charge in [-0.1, -0.05) is 0 Å². The predicted octanol–water partition coefficient (Wildman–Crippen LogP) is 0.965. The maximum Gasteiger partial charge on any atom is 0.338 e. The molecule has 1 aliphatic heterocycles. The molecule has 0 bridgehead atoms. The SMILES string of the molecule is CC1(O)CCN(C(=O)c2cc(C(=O)O)co2)CC1. The number of hydrogen-bond acceptors (Lipinski definition) is 4. The number of aliphatic hydroxyl groups is 1. The molecule has 0 aliphatic carbocycles. The van der Waals surface area contributed by atoms with E-state index in [1.807, 2.05) is 0 Å². The Morgan fingerprint density at radius 2 is 2.00 bits per heavy atom. The summed E-state index contributed by atoms with van der Waals surface area (Å²) in [6.07, 6.45) is 2.06. The van der Waals surface area contributed by atoms with Crippen molar-refractivity contribution in [1.29, 1.82) is 0 Å². The van der Waals surface area contributed by atoms with Crippen LogP contribution in [0.1, 0.15) is 40.7 Å². The van der Waals surface area contributed by atoms with E-state index >= 15 is 0 Å². The summed E-state index contributed by atoms with van der Waals surface area (Å²) < 4.78 is 4.96. The van der Waals surface area contributed by atoms with Crippen molar-refractivity contribution in [2.75, 3.05) is 13.1 Å². The summed E-state index contributed by atoms with van der Waals surface area (Å²) in [5.41, 5.74) is -0.769. The van der Waals surface area contributed by atoms with E-state index in [-0.39, 0.29) is 17.2 Å². The summed E-state index contributed by atoms with van der Waals surface area (Å²) >= 11 is 0. The van der Waals surface area contributed by atoms with Crippen LogP contribution in [0.5, 0.6) is 0 Å². The van der Waals surface area contributed by atoms with Crippen LogP contribution in [0.4, 0.5) is 0 Å². The van der Waals surface area contributed by atoms with Crippen LogP contribution in [0.15, 0.2) is 16.7 Å². The molecule has 1 aromatic rings. The van der Waals surface area contributed by atoms with Crippen LogP contribution in [0.25, 0.3) is 0 Å². The van der Waals surface area contributed by atoms with Gasteiger partial charge in [0.15, 0.2) is 5.76 Å². The molecular weight excluding hydrogens is 238 g/mol. The lowest BCUT2D eigenvalue weighted by Crippen LogP contribution is -2.45. The molecule has 0 atom stereocenters. The van der Waals surface area contributed by atoms with E-state index in [1.165, 1.54) is 6.07 Å². The monoisotopic (exact) mass is 253 g/mol. The highest BCUT2D eigenvalue weighted by Gasteiger charge is 2.31. The first-order chi connectivity index (χ1) is 8.39. The molecule has 2 rings (SSSR count). The van der Waals surface area contributed by atoms with E-state index in [0.717, 1.165) is 6.26 Å². The molecule has 0 radical (unpaired) electrons. The zero-order valence-electron chi connectivity index (χ0n) is 10.0. The van der Waals surface area contributed by atoms with Crippen molar-refractivity contribution in [3.05, 3.63) is 23.7 Å². The molecule has 1 saturated heterocycles. The number of carbonyl (C=O) groups is 2. The van der Waals surface area contributed by atoms with E-state index < -0.39 is 11.6 Å². The first-order valence-electron chi connectivity index (χ1n) is 5.72. The minimum atomic E-state index is -1.13. The van der Waals surface area contributed by atoms with Gasteiger partial charge in [0.1, 0.15) is 6.26 Å². The van der Waals surface area contributed by atoms with Gasteiger partial charge < -0.3 is 19.5 Å². The van der Waals surface area contributed by atoms with Gasteiger partial charge in [-0.25, -0.2) is 4.79 Å². The van der Waals surface area contributed by atoms with E-state index in [4.69, 9.17) is 9.52 Å². The Hall–Kier alpha value is -1.82. The van der Waals surface area contributed by atoms with Crippen molar-refractivity contribution in [2.24, 2.45) is 0 Å². The quantitative estimate of drug-likeness (QED) is 0.819. The maximum atomic E-state index is 12.0. The molecular formula is C12H15NO5. The van der Waals surface area contributed by atoms with Gasteiger partial charge in [0.25, 0.3) is 5.91 Å². The van der Waals surface area contributed by atoms with E-state index in [1.54, 1.807) is 11.8 Å². The number of carbonyl (C=O) groups excluding carboxylic acids is 1. The molecule has 1 aromatic heterocycles. The highest BCUT2D eigenvalue weighted by Crippen LogP contribution is 2.22. The Morgan fingerprint density at radius 1 is 1.39 bits per heavy atom. The molecule has 6 heteroatoms. The van der Waals surface area contributed by atoms with Crippen LogP contribution in [0.3, 0.4) is 0 Å². The number of rotatable bonds is 2. The van der Waals surface area contributed by atoms with Gasteiger partial charge in [-0.2, -0.15) is 0 Å². The van der Waals surface area contributed by atoms with Crippen LogP contribution < -0.4 is 0 Å². The van der Waals surface area contributed by atoms with Crippen molar-refractivity contribution < 1.29 is 24.2 Å². The Kier molecular flexibility index (Phi) is 3.13. The van der Waals surface area contributed by atoms with Crippen molar-refractivity contribution in [3.63, 3.8) is 0 Å². The lowest BCUT2D eigenvalue weighted by Gasteiger charge is -2.35. The molecule has 6 nitrogen and oxygen atoms in total. The molecule has 1 fully saturated rings. The van der Waals surface area contributed by atoms with Crippen molar-refractivity contribution in [1.82, 2.24) is 4.90 Å². The second kappa shape index (κ2) is 4.45. The van der Waals surface area contributed by atoms with Crippen molar-refractivity contribution in [2.45, 2.75) is 25.4 Å². The second-order valence-corrected chi connectivity index (χ2v) is 4.79. The number of carboxylic acid groups (broad SMARTS) is 1. The van der Waals surface area contributed by atoms with Gasteiger partial charge in [-0.3, -0.25) is 4.79 Å². The molecule has 98 valence electrons. The number of likely N-dealkylation sites (tertiary alicyclic amines) is 1. The third-order valence-corrected chi connectivity index (χ3v) is 3.19. The molecule has 2 N–H and O–H groups in total. The molecule has 0 saturated carbocycles. The summed E-state index contributed by atoms with van der Waals surface area (Å²) in [5, 5.41) is 18.5. The molecule has 0 unspecified atom stereocenters. The average molecular weight is 253 g/mol. The van der Waals surface area contributed by atoms with Gasteiger partial charge in [-0.05, 0) is 19.8 Å². The Balaban J connectivity index is 2.05. The Morgan fingerprint density at radius 3 is 2.50 bits per heavy atom. The number of piperidine rings is 1. The minimum absolute atomic E-state index is 0.0222. The van der Waals surface area contributed by atoms with Gasteiger partial charge in [0.05, 0.1) is 11.2 Å². The summed E-state index contributed by atoms with van der Waals surface area (Å²) in [6, 6.07) is 1.22. The van der Waals surface area contributed by atoms with Gasteiger partial charge >= 0.3 is 5.97 Å². The highest BCUT2D eigenvalue weighted by molar-refractivity contribution is 5.95. The molecule has 2 heterocycles. The molecule has 1 aliphatic rings. The Labute approximate surface area is 104 Å². The summed E-state index contributed by atoms with van der Waals surface area (Å²) in [4.78, 5) is 24.2. The first kappa shape index (κ1) is 12.6. The summed E-state index contributed by atoms with van der Waals surface area (Å²) in [5.74, 6) is -1.44. The molecule has 0 aromatic carbocycles. The van der Waals surface area contributed by atoms with Crippen LogP contribution in [0, 0.1) is 0 Å². The second-order valence-electron chi connectivity index (χ2n) is 4.79. The third kappa shape index (κ3) is 2.53. The number of hydrogen-bond donors (Lipinski definition) is 2. The summed E-state index contributed by atoms with van der Waals surface area (Å²) in [6.45, 7) is 2.62. The highest BCUT2D eigenvalue weighted by atomic mass is 16.4. The van der Waals surface area contributed by atoms with Gasteiger partial charge in [0.2, 0.25) is 0 Å². The van der Waals surface area contributed by atoms with E-state index in [2.05, 4.69) is 0 Å². The normalized spacial score (nSPS) is 18.7. The molecule has 1 amide bonds. The van der Waals surface area contributed by atoms with Crippen LogP contribution in [0.2, 0.25) is 0 Å². The molecule has 0 spiro atoms. The molecule has 18 heavy (non-hydrogen) atoms. The fourth-order valence-electron chi connectivity index (χ4n) is 1.91. The zero-order chi connectivity index (χ0) is 13.3. The zero-order valence-corrected chi connectivity index (χ0v) is 10.0. The lowest BCUT2D eigenvalue weighted by molar-refractivity contribution is -0.00289. The maximum absolute atomic E-state index is 12.0. The number of aromatic carboxylic acids is 1. The van der Waals surface area contributed by atoms with Gasteiger partial charge in [0, 0.05) is 19.2 Å². The first-order valence-corrected chi connectivity index (χ1v) is 5.72. The van der Waals surface area contributed by atoms with Crippen molar-refractivity contribution in [3.8, 4) is 0 Å². The summed E-state index contributed by atoms with van der Waals surface area (Å²) in [7, 11) is 0. The third-order valence-electron chi connectivity index (χ3n) is 3.19. The average Bonchev–Trinajstić information content (AvgIpc) is 2.77. The predicted molar refractivity (Wildman–Crippen MR) is 61.4 cm³/mol. The fourth-order valence-corrected chi connectivity index (χ4v) is 1.91. The largest absolute Gasteiger partial charge is 0.478 e.